The van der Waals surface area contributed by atoms with Crippen molar-refractivity contribution in [1.82, 2.24) is 9.62 Å². The van der Waals surface area contributed by atoms with Crippen LogP contribution in [0, 0.1) is 20.8 Å². The van der Waals surface area contributed by atoms with Crippen LogP contribution in [0.4, 0.5) is 0 Å². The molecule has 1 aliphatic carbocycles. The number of nitrogens with zero attached hydrogens (tertiary/aromatic N) is 1. The molecule has 0 saturated heterocycles. The second kappa shape index (κ2) is 11.3. The molecule has 0 heterocycles. The summed E-state index contributed by atoms with van der Waals surface area (Å²) in [6.07, 6.45) is 7.68. The number of carbonyl (C=O) groups excluding carboxylic acids is 1. The highest BCUT2D eigenvalue weighted by Crippen LogP contribution is 2.27. The first kappa shape index (κ1) is 25.5. The summed E-state index contributed by atoms with van der Waals surface area (Å²) in [4.78, 5) is 13.0. The fourth-order valence-electron chi connectivity index (χ4n) is 4.43. The Morgan fingerprint density at radius 3 is 2.33 bits per heavy atom. The topological polar surface area (TPSA) is 66.5 Å². The Morgan fingerprint density at radius 1 is 1.06 bits per heavy atom. The standard InChI is InChI=1S/C26H33ClN2O3S/c1-19-15-20(2)26(21(3)16-19)33(31,32)29(17-23-9-11-24(27)12-10-23)18-25(30)28-14-13-22-7-5-4-6-8-22/h7,9-12,15-16H,4-6,8,13-14,17-18H2,1-3H3,(H,28,30). The van der Waals surface area contributed by atoms with Crippen molar-refractivity contribution in [3.63, 3.8) is 0 Å². The van der Waals surface area contributed by atoms with Gasteiger partial charge in [0.1, 0.15) is 0 Å². The predicted molar refractivity (Wildman–Crippen MR) is 134 cm³/mol. The molecule has 0 saturated carbocycles. The molecular weight excluding hydrogens is 456 g/mol. The molecule has 0 aromatic heterocycles. The van der Waals surface area contributed by atoms with Crippen molar-refractivity contribution in [1.29, 1.82) is 0 Å². The first-order chi connectivity index (χ1) is 15.7. The zero-order valence-corrected chi connectivity index (χ0v) is 21.2. The predicted octanol–water partition coefficient (Wildman–Crippen LogP) is 5.46. The van der Waals surface area contributed by atoms with Crippen LogP contribution < -0.4 is 5.32 Å². The molecule has 0 unspecified atom stereocenters. The van der Waals surface area contributed by atoms with Gasteiger partial charge in [0.25, 0.3) is 0 Å². The van der Waals surface area contributed by atoms with Crippen molar-refractivity contribution in [2.24, 2.45) is 0 Å². The lowest BCUT2D eigenvalue weighted by Gasteiger charge is -2.24. The molecule has 0 fully saturated rings. The number of allylic oxidation sites excluding steroid dienone is 1. The monoisotopic (exact) mass is 488 g/mol. The van der Waals surface area contributed by atoms with Gasteiger partial charge in [-0.2, -0.15) is 4.31 Å². The van der Waals surface area contributed by atoms with E-state index in [1.54, 1.807) is 38.1 Å². The molecule has 0 radical (unpaired) electrons. The number of amides is 1. The number of nitrogens with one attached hydrogen (secondary N) is 1. The first-order valence-electron chi connectivity index (χ1n) is 11.4. The number of sulfonamides is 1. The summed E-state index contributed by atoms with van der Waals surface area (Å²) < 4.78 is 28.7. The largest absolute Gasteiger partial charge is 0.355 e. The minimum Gasteiger partial charge on any atom is -0.355 e. The second-order valence-corrected chi connectivity index (χ2v) is 11.1. The maximum Gasteiger partial charge on any atom is 0.244 e. The van der Waals surface area contributed by atoms with E-state index in [1.807, 2.05) is 19.1 Å². The molecule has 2 aromatic carbocycles. The molecule has 3 rings (SSSR count). The Kier molecular flexibility index (Phi) is 8.74. The number of halogens is 1. The molecule has 2 aromatic rings. The summed E-state index contributed by atoms with van der Waals surface area (Å²) in [5.41, 5.74) is 4.50. The van der Waals surface area contributed by atoms with Crippen molar-refractivity contribution < 1.29 is 13.2 Å². The molecule has 0 aliphatic heterocycles. The van der Waals surface area contributed by atoms with Gasteiger partial charge in [0.15, 0.2) is 0 Å². The van der Waals surface area contributed by atoms with E-state index in [-0.39, 0.29) is 23.9 Å². The fraction of sp³-hybridized carbons (Fsp3) is 0.423. The van der Waals surface area contributed by atoms with Gasteiger partial charge in [-0.15, -0.1) is 0 Å². The molecular formula is C26H33ClN2O3S. The van der Waals surface area contributed by atoms with Crippen molar-refractivity contribution in [2.75, 3.05) is 13.1 Å². The third-order valence-corrected chi connectivity index (χ3v) is 8.30. The Labute approximate surface area is 202 Å². The van der Waals surface area contributed by atoms with Gasteiger partial charge in [-0.3, -0.25) is 4.79 Å². The molecule has 33 heavy (non-hydrogen) atoms. The number of aryl methyl sites for hydroxylation is 3. The van der Waals surface area contributed by atoms with E-state index in [0.29, 0.717) is 22.7 Å². The van der Waals surface area contributed by atoms with Gasteiger partial charge in [0, 0.05) is 18.1 Å². The Morgan fingerprint density at radius 2 is 1.73 bits per heavy atom. The van der Waals surface area contributed by atoms with Crippen molar-refractivity contribution in [3.8, 4) is 0 Å². The van der Waals surface area contributed by atoms with Crippen molar-refractivity contribution in [3.05, 3.63) is 75.3 Å². The number of benzene rings is 2. The van der Waals surface area contributed by atoms with Crippen LogP contribution in [0.5, 0.6) is 0 Å². The van der Waals surface area contributed by atoms with E-state index in [9.17, 15) is 13.2 Å². The van der Waals surface area contributed by atoms with Gasteiger partial charge in [0.05, 0.1) is 11.4 Å². The summed E-state index contributed by atoms with van der Waals surface area (Å²) in [5, 5.41) is 3.49. The SMILES string of the molecule is Cc1cc(C)c(S(=O)(=O)N(CC(=O)NCCC2=CCCCC2)Cc2ccc(Cl)cc2)c(C)c1. The van der Waals surface area contributed by atoms with Gasteiger partial charge in [0.2, 0.25) is 15.9 Å². The lowest BCUT2D eigenvalue weighted by atomic mass is 9.97. The smallest absolute Gasteiger partial charge is 0.244 e. The lowest BCUT2D eigenvalue weighted by Crippen LogP contribution is -2.41. The average molecular weight is 489 g/mol. The van der Waals surface area contributed by atoms with Crippen molar-refractivity contribution >= 4 is 27.5 Å². The van der Waals surface area contributed by atoms with Crippen molar-refractivity contribution in [2.45, 2.75) is 64.3 Å². The van der Waals surface area contributed by atoms with Crippen LogP contribution >= 0.6 is 11.6 Å². The molecule has 1 amide bonds. The van der Waals surface area contributed by atoms with E-state index in [2.05, 4.69) is 11.4 Å². The molecule has 7 heteroatoms. The highest BCUT2D eigenvalue weighted by atomic mass is 35.5. The maximum atomic E-state index is 13.7. The van der Waals surface area contributed by atoms with Gasteiger partial charge < -0.3 is 5.32 Å². The van der Waals surface area contributed by atoms with Crippen LogP contribution in [0.25, 0.3) is 0 Å². The van der Waals surface area contributed by atoms with E-state index in [0.717, 1.165) is 30.4 Å². The zero-order valence-electron chi connectivity index (χ0n) is 19.7. The third kappa shape index (κ3) is 6.92. The molecule has 0 spiro atoms. The van der Waals surface area contributed by atoms with E-state index < -0.39 is 10.0 Å². The molecule has 0 atom stereocenters. The lowest BCUT2D eigenvalue weighted by molar-refractivity contribution is -0.121. The quantitative estimate of drug-likeness (QED) is 0.476. The molecule has 5 nitrogen and oxygen atoms in total. The second-order valence-electron chi connectivity index (χ2n) is 8.84. The van der Waals surface area contributed by atoms with Crippen LogP contribution in [-0.4, -0.2) is 31.7 Å². The maximum absolute atomic E-state index is 13.7. The summed E-state index contributed by atoms with van der Waals surface area (Å²) in [6.45, 7) is 5.90. The molecule has 1 aliphatic rings. The highest BCUT2D eigenvalue weighted by molar-refractivity contribution is 7.89. The summed E-state index contributed by atoms with van der Waals surface area (Å²) >= 11 is 6.00. The normalized spacial score (nSPS) is 14.3. The fourth-order valence-corrected chi connectivity index (χ4v) is 6.35. The van der Waals surface area contributed by atoms with E-state index >= 15 is 0 Å². The number of hydrogen-bond acceptors (Lipinski definition) is 3. The van der Waals surface area contributed by atoms with Crippen LogP contribution in [0.15, 0.2) is 52.9 Å². The average Bonchev–Trinajstić information content (AvgIpc) is 2.74. The minimum absolute atomic E-state index is 0.0881. The molecule has 178 valence electrons. The van der Waals surface area contributed by atoms with Gasteiger partial charge in [-0.05, 0) is 81.7 Å². The van der Waals surface area contributed by atoms with Gasteiger partial charge in [-0.25, -0.2) is 8.42 Å². The summed E-state index contributed by atoms with van der Waals surface area (Å²) in [5.74, 6) is -0.300. The zero-order chi connectivity index (χ0) is 24.0. The van der Waals surface area contributed by atoms with Gasteiger partial charge >= 0.3 is 0 Å². The number of carbonyl (C=O) groups is 1. The first-order valence-corrected chi connectivity index (χ1v) is 13.3. The number of hydrogen-bond donors (Lipinski definition) is 1. The van der Waals surface area contributed by atoms with Crippen LogP contribution in [0.1, 0.15) is 54.4 Å². The van der Waals surface area contributed by atoms with Crippen LogP contribution in [0.3, 0.4) is 0 Å². The highest BCUT2D eigenvalue weighted by Gasteiger charge is 2.30. The van der Waals surface area contributed by atoms with E-state index in [1.165, 1.54) is 22.7 Å². The Balaban J connectivity index is 1.80. The van der Waals surface area contributed by atoms with E-state index in [4.69, 9.17) is 11.6 Å². The Bertz CT molecular complexity index is 1100. The number of rotatable bonds is 9. The van der Waals surface area contributed by atoms with Crippen LogP contribution in [-0.2, 0) is 21.4 Å². The molecule has 1 N–H and O–H groups in total. The summed E-state index contributed by atoms with van der Waals surface area (Å²) in [6, 6.07) is 10.7. The van der Waals surface area contributed by atoms with Gasteiger partial charge in [-0.1, -0.05) is 53.1 Å². The Hall–Kier alpha value is -2.15. The third-order valence-electron chi connectivity index (χ3n) is 5.95. The summed E-state index contributed by atoms with van der Waals surface area (Å²) in [7, 11) is -3.90. The van der Waals surface area contributed by atoms with Crippen LogP contribution in [0.2, 0.25) is 5.02 Å². The minimum atomic E-state index is -3.90. The molecule has 0 bridgehead atoms.